The molecule has 0 aliphatic heterocycles. The SMILES string of the molecule is CC(C)C[SiH]=O. The van der Waals surface area contributed by atoms with E-state index >= 15 is 0 Å². The Morgan fingerprint density at radius 2 is 2.17 bits per heavy atom. The Morgan fingerprint density at radius 1 is 1.67 bits per heavy atom. The molecule has 0 saturated heterocycles. The van der Waals surface area contributed by atoms with Gasteiger partial charge in [0.15, 0.2) is 0 Å². The van der Waals surface area contributed by atoms with Crippen LogP contribution in [0.1, 0.15) is 13.8 Å². The van der Waals surface area contributed by atoms with Gasteiger partial charge in [-0.2, -0.15) is 0 Å². The highest BCUT2D eigenvalue weighted by molar-refractivity contribution is 6.16. The molecular formula is C4H10OSi. The smallest absolute Gasteiger partial charge is 0.261 e. The summed E-state index contributed by atoms with van der Waals surface area (Å²) in [6, 6.07) is 0.903. The van der Waals surface area contributed by atoms with Crippen LogP contribution in [0.2, 0.25) is 6.04 Å². The first-order valence-electron chi connectivity index (χ1n) is 2.21. The van der Waals surface area contributed by atoms with Gasteiger partial charge >= 0.3 is 0 Å². The third kappa shape index (κ3) is 4.02. The monoisotopic (exact) mass is 102 g/mol. The molecule has 0 saturated carbocycles. The average molecular weight is 102 g/mol. The van der Waals surface area contributed by atoms with Crippen LogP contribution in [-0.2, 0) is 4.46 Å². The van der Waals surface area contributed by atoms with Gasteiger partial charge in [0.05, 0.1) is 0 Å². The molecule has 2 heteroatoms. The van der Waals surface area contributed by atoms with E-state index in [1.807, 2.05) is 0 Å². The van der Waals surface area contributed by atoms with E-state index in [-0.39, 0.29) is 0 Å². The van der Waals surface area contributed by atoms with E-state index in [9.17, 15) is 4.46 Å². The van der Waals surface area contributed by atoms with Crippen molar-refractivity contribution in [3.63, 3.8) is 0 Å². The number of rotatable bonds is 2. The van der Waals surface area contributed by atoms with Crippen LogP contribution in [0.5, 0.6) is 0 Å². The highest BCUT2D eigenvalue weighted by atomic mass is 28.2. The fraction of sp³-hybridized carbons (Fsp3) is 1.00. The molecular weight excluding hydrogens is 92.1 g/mol. The summed E-state index contributed by atoms with van der Waals surface area (Å²) in [4.78, 5) is 0. The quantitative estimate of drug-likeness (QED) is 0.472. The number of hydrogen-bond donors (Lipinski definition) is 0. The molecule has 0 N–H and O–H groups in total. The van der Waals surface area contributed by atoms with Crippen LogP contribution in [0, 0.1) is 5.92 Å². The zero-order valence-corrected chi connectivity index (χ0v) is 5.42. The lowest BCUT2D eigenvalue weighted by Gasteiger charge is -1.89. The molecule has 0 aliphatic carbocycles. The van der Waals surface area contributed by atoms with E-state index in [0.717, 1.165) is 6.04 Å². The molecule has 0 fully saturated rings. The Bertz CT molecular complexity index is 42.8. The van der Waals surface area contributed by atoms with Gasteiger partial charge in [0.1, 0.15) is 0 Å². The van der Waals surface area contributed by atoms with Gasteiger partial charge in [0.25, 0.3) is 9.41 Å². The standard InChI is InChI=1S/C4H10OSi/c1-4(2)3-6-5/h4,6H,3H2,1-2H3. The minimum absolute atomic E-state index is 0.498. The summed E-state index contributed by atoms with van der Waals surface area (Å²) in [6.45, 7) is 4.15. The lowest BCUT2D eigenvalue weighted by molar-refractivity contribution is 0.565. The molecule has 0 aromatic rings. The van der Waals surface area contributed by atoms with Crippen LogP contribution in [0.15, 0.2) is 0 Å². The molecule has 1 nitrogen and oxygen atoms in total. The summed E-state index contributed by atoms with van der Waals surface area (Å²) in [6.07, 6.45) is 0. The second kappa shape index (κ2) is 3.22. The first kappa shape index (κ1) is 6.02. The molecule has 0 aromatic carbocycles. The van der Waals surface area contributed by atoms with Crippen molar-refractivity contribution in [2.75, 3.05) is 0 Å². The van der Waals surface area contributed by atoms with Crippen molar-refractivity contribution < 1.29 is 4.46 Å². The highest BCUT2D eigenvalue weighted by Crippen LogP contribution is 1.93. The summed E-state index contributed by atoms with van der Waals surface area (Å²) < 4.78 is 9.82. The summed E-state index contributed by atoms with van der Waals surface area (Å²) >= 11 is 0. The van der Waals surface area contributed by atoms with Crippen LogP contribution in [0.3, 0.4) is 0 Å². The first-order chi connectivity index (χ1) is 2.77. The Balaban J connectivity index is 2.81. The molecule has 0 bridgehead atoms. The van der Waals surface area contributed by atoms with Crippen molar-refractivity contribution in [2.45, 2.75) is 19.9 Å². The van der Waals surface area contributed by atoms with Gasteiger partial charge < -0.3 is 4.46 Å². The topological polar surface area (TPSA) is 17.1 Å². The molecule has 6 heavy (non-hydrogen) atoms. The predicted octanol–water partition coefficient (Wildman–Crippen LogP) is 0.843. The fourth-order valence-electron chi connectivity index (χ4n) is 0.192. The minimum atomic E-state index is -0.498. The van der Waals surface area contributed by atoms with Crippen molar-refractivity contribution in [1.29, 1.82) is 0 Å². The van der Waals surface area contributed by atoms with Crippen molar-refractivity contribution in [3.8, 4) is 0 Å². The van der Waals surface area contributed by atoms with Crippen LogP contribution < -0.4 is 0 Å². The normalized spacial score (nSPS) is 9.17. The maximum atomic E-state index is 9.82. The summed E-state index contributed by atoms with van der Waals surface area (Å²) in [5.74, 6) is 0.623. The van der Waals surface area contributed by atoms with Gasteiger partial charge in [0.2, 0.25) is 0 Å². The van der Waals surface area contributed by atoms with Crippen molar-refractivity contribution in [1.82, 2.24) is 0 Å². The van der Waals surface area contributed by atoms with Crippen molar-refractivity contribution >= 4 is 9.41 Å². The van der Waals surface area contributed by atoms with E-state index < -0.39 is 9.41 Å². The summed E-state index contributed by atoms with van der Waals surface area (Å²) in [5, 5.41) is 0. The first-order valence-corrected chi connectivity index (χ1v) is 3.49. The van der Waals surface area contributed by atoms with E-state index in [1.165, 1.54) is 0 Å². The molecule has 36 valence electrons. The Hall–Kier alpha value is 0.0169. The van der Waals surface area contributed by atoms with E-state index in [2.05, 4.69) is 13.8 Å². The highest BCUT2D eigenvalue weighted by Gasteiger charge is 1.87. The third-order valence-electron chi connectivity index (χ3n) is 0.568. The second-order valence-corrected chi connectivity index (χ2v) is 2.60. The number of hydrogen-bond acceptors (Lipinski definition) is 1. The van der Waals surface area contributed by atoms with Gasteiger partial charge in [-0.1, -0.05) is 13.8 Å². The molecule has 0 rings (SSSR count). The largest absolute Gasteiger partial charge is 0.392 e. The third-order valence-corrected chi connectivity index (χ3v) is 1.70. The van der Waals surface area contributed by atoms with Crippen molar-refractivity contribution in [2.24, 2.45) is 5.92 Å². The zero-order chi connectivity index (χ0) is 4.99. The summed E-state index contributed by atoms with van der Waals surface area (Å²) in [7, 11) is -0.498. The zero-order valence-electron chi connectivity index (χ0n) is 4.27. The van der Waals surface area contributed by atoms with Gasteiger partial charge in [-0.05, 0) is 12.0 Å². The van der Waals surface area contributed by atoms with Crippen LogP contribution in [0.25, 0.3) is 0 Å². The van der Waals surface area contributed by atoms with Gasteiger partial charge in [-0.25, -0.2) is 0 Å². The molecule has 0 unspecified atom stereocenters. The molecule has 0 aliphatic rings. The maximum Gasteiger partial charge on any atom is 0.261 e. The van der Waals surface area contributed by atoms with Crippen molar-refractivity contribution in [3.05, 3.63) is 0 Å². The molecule has 0 atom stereocenters. The maximum absolute atomic E-state index is 9.82. The van der Waals surface area contributed by atoms with E-state index in [4.69, 9.17) is 0 Å². The van der Waals surface area contributed by atoms with Crippen LogP contribution >= 0.6 is 0 Å². The molecule has 0 amide bonds. The average Bonchev–Trinajstić information content (AvgIpc) is 1.35. The lowest BCUT2D eigenvalue weighted by atomic mass is 10.3. The van der Waals surface area contributed by atoms with Crippen LogP contribution in [0.4, 0.5) is 0 Å². The lowest BCUT2D eigenvalue weighted by Crippen LogP contribution is -1.84. The predicted molar refractivity (Wildman–Crippen MR) is 27.5 cm³/mol. The van der Waals surface area contributed by atoms with E-state index in [0.29, 0.717) is 5.92 Å². The minimum Gasteiger partial charge on any atom is -0.392 e. The van der Waals surface area contributed by atoms with E-state index in [1.54, 1.807) is 0 Å². The Labute approximate surface area is 40.6 Å². The fourth-order valence-corrected chi connectivity index (χ4v) is 0.577. The molecule has 0 spiro atoms. The summed E-state index contributed by atoms with van der Waals surface area (Å²) in [5.41, 5.74) is 0. The van der Waals surface area contributed by atoms with Gasteiger partial charge in [-0.3, -0.25) is 0 Å². The molecule has 0 aromatic heterocycles. The molecule has 0 heterocycles. The molecule has 0 radical (unpaired) electrons. The van der Waals surface area contributed by atoms with Crippen LogP contribution in [-0.4, -0.2) is 9.41 Å². The Morgan fingerprint density at radius 3 is 2.17 bits per heavy atom. The van der Waals surface area contributed by atoms with Gasteiger partial charge in [0, 0.05) is 0 Å². The van der Waals surface area contributed by atoms with Gasteiger partial charge in [-0.15, -0.1) is 0 Å². The Kier molecular flexibility index (Phi) is 3.23. The second-order valence-electron chi connectivity index (χ2n) is 1.80.